The molecular formula is C6H7ClN6. The fourth-order valence-corrected chi connectivity index (χ4v) is 1.05. The van der Waals surface area contributed by atoms with Gasteiger partial charge in [0.15, 0.2) is 5.82 Å². The Morgan fingerprint density at radius 2 is 2.46 bits per heavy atom. The van der Waals surface area contributed by atoms with Gasteiger partial charge in [0.05, 0.1) is 5.88 Å². The quantitative estimate of drug-likeness (QED) is 0.715. The summed E-state index contributed by atoms with van der Waals surface area (Å²) < 4.78 is 1.65. The molecule has 2 rings (SSSR count). The van der Waals surface area contributed by atoms with E-state index in [1.807, 2.05) is 0 Å². The number of aromatic nitrogens is 6. The average Bonchev–Trinajstić information content (AvgIpc) is 2.76. The largest absolute Gasteiger partial charge is 0.261 e. The Bertz CT molecular complexity index is 366. The molecule has 13 heavy (non-hydrogen) atoms. The van der Waals surface area contributed by atoms with Gasteiger partial charge < -0.3 is 0 Å². The number of hydrogen-bond donors (Lipinski definition) is 1. The third-order valence-corrected chi connectivity index (χ3v) is 1.71. The first-order chi connectivity index (χ1) is 6.38. The molecule has 0 spiro atoms. The second kappa shape index (κ2) is 3.53. The summed E-state index contributed by atoms with van der Waals surface area (Å²) in [6.07, 6.45) is 3.09. The van der Waals surface area contributed by atoms with Crippen LogP contribution in [0.3, 0.4) is 0 Å². The van der Waals surface area contributed by atoms with E-state index in [-0.39, 0.29) is 0 Å². The van der Waals surface area contributed by atoms with Gasteiger partial charge in [-0.3, -0.25) is 5.10 Å². The van der Waals surface area contributed by atoms with Gasteiger partial charge in [0.25, 0.3) is 0 Å². The van der Waals surface area contributed by atoms with Gasteiger partial charge in [-0.15, -0.1) is 11.6 Å². The van der Waals surface area contributed by atoms with Crippen molar-refractivity contribution in [3.63, 3.8) is 0 Å². The van der Waals surface area contributed by atoms with Gasteiger partial charge in [0.2, 0.25) is 0 Å². The number of H-pyrrole nitrogens is 1. The van der Waals surface area contributed by atoms with Crippen molar-refractivity contribution in [2.75, 3.05) is 0 Å². The van der Waals surface area contributed by atoms with Gasteiger partial charge in [0, 0.05) is 0 Å². The molecule has 6 nitrogen and oxygen atoms in total. The second-order valence-electron chi connectivity index (χ2n) is 2.43. The Hall–Kier alpha value is -1.43. The van der Waals surface area contributed by atoms with Gasteiger partial charge in [-0.2, -0.15) is 10.2 Å². The fourth-order valence-electron chi connectivity index (χ4n) is 0.933. The topological polar surface area (TPSA) is 72.3 Å². The maximum atomic E-state index is 5.54. The minimum absolute atomic E-state index is 0.313. The molecule has 0 aliphatic heterocycles. The van der Waals surface area contributed by atoms with Crippen molar-refractivity contribution in [3.05, 3.63) is 24.3 Å². The summed E-state index contributed by atoms with van der Waals surface area (Å²) in [5, 5.41) is 10.6. The Morgan fingerprint density at radius 1 is 1.54 bits per heavy atom. The van der Waals surface area contributed by atoms with Crippen LogP contribution in [0, 0.1) is 0 Å². The first kappa shape index (κ1) is 8.18. The lowest BCUT2D eigenvalue weighted by Gasteiger charge is -1.93. The van der Waals surface area contributed by atoms with Crippen LogP contribution in [0.5, 0.6) is 0 Å². The molecule has 7 heteroatoms. The second-order valence-corrected chi connectivity index (χ2v) is 2.69. The summed E-state index contributed by atoms with van der Waals surface area (Å²) in [4.78, 5) is 7.93. The van der Waals surface area contributed by atoms with E-state index < -0.39 is 0 Å². The van der Waals surface area contributed by atoms with Crippen molar-refractivity contribution in [2.24, 2.45) is 0 Å². The van der Waals surface area contributed by atoms with E-state index in [9.17, 15) is 0 Å². The van der Waals surface area contributed by atoms with E-state index in [0.29, 0.717) is 18.2 Å². The van der Waals surface area contributed by atoms with Gasteiger partial charge in [-0.05, 0) is 0 Å². The van der Waals surface area contributed by atoms with Crippen molar-refractivity contribution >= 4 is 11.6 Å². The molecule has 2 aromatic rings. The standard InChI is InChI=1S/C6H7ClN6/c7-1-5-10-6(12-11-5)2-13-4-8-3-9-13/h3-4H,1-2H2,(H,10,11,12). The van der Waals surface area contributed by atoms with Crippen molar-refractivity contribution in [1.82, 2.24) is 29.9 Å². The third kappa shape index (κ3) is 1.83. The van der Waals surface area contributed by atoms with Crippen LogP contribution in [0.1, 0.15) is 11.6 Å². The number of nitrogens with zero attached hydrogens (tertiary/aromatic N) is 5. The smallest absolute Gasteiger partial charge is 0.165 e. The molecule has 0 fully saturated rings. The van der Waals surface area contributed by atoms with E-state index >= 15 is 0 Å². The maximum Gasteiger partial charge on any atom is 0.165 e. The third-order valence-electron chi connectivity index (χ3n) is 1.48. The van der Waals surface area contributed by atoms with Crippen molar-refractivity contribution in [1.29, 1.82) is 0 Å². The summed E-state index contributed by atoms with van der Waals surface area (Å²) in [6, 6.07) is 0. The molecule has 0 saturated heterocycles. The van der Waals surface area contributed by atoms with Gasteiger partial charge in [-0.25, -0.2) is 14.6 Å². The molecule has 2 heterocycles. The number of rotatable bonds is 3. The van der Waals surface area contributed by atoms with E-state index in [4.69, 9.17) is 11.6 Å². The Balaban J connectivity index is 2.10. The van der Waals surface area contributed by atoms with Gasteiger partial charge >= 0.3 is 0 Å². The minimum Gasteiger partial charge on any atom is -0.261 e. The fraction of sp³-hybridized carbons (Fsp3) is 0.333. The first-order valence-electron chi connectivity index (χ1n) is 3.67. The lowest BCUT2D eigenvalue weighted by Crippen LogP contribution is -2.01. The van der Waals surface area contributed by atoms with Crippen molar-refractivity contribution in [2.45, 2.75) is 12.4 Å². The van der Waals surface area contributed by atoms with E-state index in [1.165, 1.54) is 6.33 Å². The number of aromatic amines is 1. The van der Waals surface area contributed by atoms with Crippen LogP contribution in [0.4, 0.5) is 0 Å². The molecule has 0 aromatic carbocycles. The maximum absolute atomic E-state index is 5.54. The lowest BCUT2D eigenvalue weighted by molar-refractivity contribution is 0.655. The van der Waals surface area contributed by atoms with Crippen LogP contribution in [-0.2, 0) is 12.4 Å². The number of nitrogens with one attached hydrogen (secondary N) is 1. The minimum atomic E-state index is 0.313. The molecule has 0 unspecified atom stereocenters. The number of alkyl halides is 1. The molecule has 68 valence electrons. The summed E-state index contributed by atoms with van der Waals surface area (Å²) in [5.41, 5.74) is 0. The highest BCUT2D eigenvalue weighted by Crippen LogP contribution is 1.97. The molecule has 2 aromatic heterocycles. The SMILES string of the molecule is ClCc1n[nH]c(Cn2cncn2)n1. The number of halogens is 1. The van der Waals surface area contributed by atoms with Crippen LogP contribution in [-0.4, -0.2) is 29.9 Å². The van der Waals surface area contributed by atoms with Crippen LogP contribution >= 0.6 is 11.6 Å². The van der Waals surface area contributed by atoms with Gasteiger partial charge in [-0.1, -0.05) is 0 Å². The molecule has 0 radical (unpaired) electrons. The van der Waals surface area contributed by atoms with E-state index in [2.05, 4.69) is 25.3 Å². The molecular weight excluding hydrogens is 192 g/mol. The summed E-state index contributed by atoms with van der Waals surface area (Å²) in [7, 11) is 0. The highest BCUT2D eigenvalue weighted by atomic mass is 35.5. The summed E-state index contributed by atoms with van der Waals surface area (Å²) in [6.45, 7) is 0.532. The van der Waals surface area contributed by atoms with Crippen LogP contribution < -0.4 is 0 Å². The number of hydrogen-bond acceptors (Lipinski definition) is 4. The van der Waals surface area contributed by atoms with Crippen LogP contribution in [0.2, 0.25) is 0 Å². The predicted molar refractivity (Wildman–Crippen MR) is 45.1 cm³/mol. The zero-order valence-corrected chi connectivity index (χ0v) is 7.44. The monoisotopic (exact) mass is 198 g/mol. The Kier molecular flexibility index (Phi) is 2.22. The lowest BCUT2D eigenvalue weighted by atomic mass is 10.6. The molecule has 0 amide bonds. The zero-order chi connectivity index (χ0) is 9.10. The van der Waals surface area contributed by atoms with Crippen molar-refractivity contribution < 1.29 is 0 Å². The zero-order valence-electron chi connectivity index (χ0n) is 6.68. The molecule has 0 saturated carbocycles. The molecule has 0 atom stereocenters. The Labute approximate surface area is 79.0 Å². The van der Waals surface area contributed by atoms with Gasteiger partial charge in [0.1, 0.15) is 25.0 Å². The van der Waals surface area contributed by atoms with Crippen molar-refractivity contribution in [3.8, 4) is 0 Å². The highest BCUT2D eigenvalue weighted by molar-refractivity contribution is 6.16. The molecule has 0 aliphatic rings. The summed E-state index contributed by atoms with van der Waals surface area (Å²) in [5.74, 6) is 1.63. The molecule has 1 N–H and O–H groups in total. The van der Waals surface area contributed by atoms with Crippen LogP contribution in [0.15, 0.2) is 12.7 Å². The summed E-state index contributed by atoms with van der Waals surface area (Å²) >= 11 is 5.54. The highest BCUT2D eigenvalue weighted by Gasteiger charge is 2.02. The first-order valence-corrected chi connectivity index (χ1v) is 4.20. The van der Waals surface area contributed by atoms with E-state index in [1.54, 1.807) is 11.0 Å². The average molecular weight is 199 g/mol. The molecule has 0 aliphatic carbocycles. The Morgan fingerprint density at radius 3 is 3.08 bits per heavy atom. The van der Waals surface area contributed by atoms with Crippen LogP contribution in [0.25, 0.3) is 0 Å². The predicted octanol–water partition coefficient (Wildman–Crippen LogP) is 0.183. The normalized spacial score (nSPS) is 10.5. The molecule has 0 bridgehead atoms. The van der Waals surface area contributed by atoms with E-state index in [0.717, 1.165) is 5.82 Å².